The van der Waals surface area contributed by atoms with E-state index in [1.54, 1.807) is 0 Å². The van der Waals surface area contributed by atoms with Crippen molar-refractivity contribution in [3.8, 4) is 5.75 Å². The third kappa shape index (κ3) is 5.85. The van der Waals surface area contributed by atoms with Crippen LogP contribution in [0, 0.1) is 11.6 Å². The van der Waals surface area contributed by atoms with Crippen molar-refractivity contribution in [1.29, 1.82) is 0 Å². The SMILES string of the molecule is O=C(COc1ccc(S(=O)(=O)NCc2ccccc2)cc1)Nc1ccc(F)cc1F. The smallest absolute Gasteiger partial charge is 0.262 e. The number of halogens is 2. The van der Waals surface area contributed by atoms with Crippen LogP contribution in [0.2, 0.25) is 0 Å². The van der Waals surface area contributed by atoms with E-state index in [-0.39, 0.29) is 22.9 Å². The summed E-state index contributed by atoms with van der Waals surface area (Å²) in [5, 5.41) is 2.26. The molecular formula is C21H18F2N2O4S. The first-order valence-corrected chi connectivity index (χ1v) is 10.3. The highest BCUT2D eigenvalue weighted by molar-refractivity contribution is 7.89. The number of hydrogen-bond acceptors (Lipinski definition) is 4. The fraction of sp³-hybridized carbons (Fsp3) is 0.0952. The van der Waals surface area contributed by atoms with E-state index in [0.717, 1.165) is 17.7 Å². The molecular weight excluding hydrogens is 414 g/mol. The summed E-state index contributed by atoms with van der Waals surface area (Å²) >= 11 is 0. The molecule has 0 aliphatic rings. The summed E-state index contributed by atoms with van der Waals surface area (Å²) in [6, 6.07) is 17.4. The molecule has 3 rings (SSSR count). The number of carbonyl (C=O) groups is 1. The Hall–Kier alpha value is -3.30. The molecule has 0 aliphatic carbocycles. The summed E-state index contributed by atoms with van der Waals surface area (Å²) in [5.74, 6) is -2.05. The van der Waals surface area contributed by atoms with Gasteiger partial charge in [-0.3, -0.25) is 4.79 Å². The maximum atomic E-state index is 13.5. The number of amides is 1. The van der Waals surface area contributed by atoms with Crippen molar-refractivity contribution in [3.63, 3.8) is 0 Å². The fourth-order valence-corrected chi connectivity index (χ4v) is 3.52. The van der Waals surface area contributed by atoms with Gasteiger partial charge in [0.05, 0.1) is 10.6 Å². The number of carbonyl (C=O) groups excluding carboxylic acids is 1. The molecule has 30 heavy (non-hydrogen) atoms. The summed E-state index contributed by atoms with van der Waals surface area (Å²) < 4.78 is 58.9. The normalized spacial score (nSPS) is 11.1. The molecule has 2 N–H and O–H groups in total. The number of benzene rings is 3. The minimum absolute atomic E-state index is 0.0450. The summed E-state index contributed by atoms with van der Waals surface area (Å²) in [6.07, 6.45) is 0. The van der Waals surface area contributed by atoms with Crippen LogP contribution in [-0.2, 0) is 21.4 Å². The standard InChI is InChI=1S/C21H18F2N2O4S/c22-16-6-11-20(19(23)12-16)25-21(26)14-29-17-7-9-18(10-8-17)30(27,28)24-13-15-4-2-1-3-5-15/h1-12,24H,13-14H2,(H,25,26). The first-order valence-electron chi connectivity index (χ1n) is 8.85. The van der Waals surface area contributed by atoms with Crippen molar-refractivity contribution in [2.75, 3.05) is 11.9 Å². The van der Waals surface area contributed by atoms with Gasteiger partial charge in [0.1, 0.15) is 17.4 Å². The third-order valence-corrected chi connectivity index (χ3v) is 5.44. The van der Waals surface area contributed by atoms with Crippen LogP contribution in [0.1, 0.15) is 5.56 Å². The zero-order valence-corrected chi connectivity index (χ0v) is 16.5. The lowest BCUT2D eigenvalue weighted by Crippen LogP contribution is -2.23. The summed E-state index contributed by atoms with van der Waals surface area (Å²) in [4.78, 5) is 11.9. The maximum absolute atomic E-state index is 13.5. The Morgan fingerprint density at radius 2 is 1.63 bits per heavy atom. The van der Waals surface area contributed by atoms with Gasteiger partial charge in [0.15, 0.2) is 6.61 Å². The molecule has 3 aromatic rings. The van der Waals surface area contributed by atoms with Crippen LogP contribution in [0.15, 0.2) is 77.7 Å². The fourth-order valence-electron chi connectivity index (χ4n) is 2.50. The molecule has 0 spiro atoms. The lowest BCUT2D eigenvalue weighted by Gasteiger charge is -2.10. The van der Waals surface area contributed by atoms with Gasteiger partial charge in [-0.1, -0.05) is 30.3 Å². The predicted molar refractivity (Wildman–Crippen MR) is 107 cm³/mol. The number of rotatable bonds is 8. The van der Waals surface area contributed by atoms with Crippen LogP contribution in [0.4, 0.5) is 14.5 Å². The molecule has 0 aliphatic heterocycles. The molecule has 0 saturated carbocycles. The Balaban J connectivity index is 1.54. The van der Waals surface area contributed by atoms with Gasteiger partial charge in [-0.25, -0.2) is 21.9 Å². The Bertz CT molecular complexity index is 1120. The summed E-state index contributed by atoms with van der Waals surface area (Å²) in [7, 11) is -3.71. The molecule has 1 amide bonds. The molecule has 0 aromatic heterocycles. The van der Waals surface area contributed by atoms with Gasteiger partial charge >= 0.3 is 0 Å². The number of ether oxygens (including phenoxy) is 1. The van der Waals surface area contributed by atoms with Gasteiger partial charge in [-0.2, -0.15) is 0 Å². The van der Waals surface area contributed by atoms with E-state index in [4.69, 9.17) is 4.74 Å². The highest BCUT2D eigenvalue weighted by Gasteiger charge is 2.14. The molecule has 0 atom stereocenters. The largest absolute Gasteiger partial charge is 0.484 e. The van der Waals surface area contributed by atoms with E-state index in [1.165, 1.54) is 24.3 Å². The lowest BCUT2D eigenvalue weighted by molar-refractivity contribution is -0.118. The van der Waals surface area contributed by atoms with Crippen molar-refractivity contribution < 1.29 is 26.7 Å². The van der Waals surface area contributed by atoms with Crippen LogP contribution in [0.3, 0.4) is 0 Å². The van der Waals surface area contributed by atoms with E-state index in [0.29, 0.717) is 6.07 Å². The van der Waals surface area contributed by atoms with E-state index in [9.17, 15) is 22.0 Å². The Kier molecular flexibility index (Phi) is 6.76. The van der Waals surface area contributed by atoms with Crippen molar-refractivity contribution in [2.24, 2.45) is 0 Å². The minimum Gasteiger partial charge on any atom is -0.484 e. The van der Waals surface area contributed by atoms with Crippen molar-refractivity contribution in [1.82, 2.24) is 4.72 Å². The molecule has 6 nitrogen and oxygen atoms in total. The molecule has 0 bridgehead atoms. The van der Waals surface area contributed by atoms with Crippen LogP contribution in [0.5, 0.6) is 5.75 Å². The molecule has 0 unspecified atom stereocenters. The van der Waals surface area contributed by atoms with Crippen LogP contribution >= 0.6 is 0 Å². The maximum Gasteiger partial charge on any atom is 0.262 e. The first-order chi connectivity index (χ1) is 14.3. The van der Waals surface area contributed by atoms with Crippen molar-refractivity contribution in [3.05, 3.63) is 90.0 Å². The van der Waals surface area contributed by atoms with Crippen LogP contribution in [0.25, 0.3) is 0 Å². The zero-order valence-electron chi connectivity index (χ0n) is 15.6. The van der Waals surface area contributed by atoms with Crippen molar-refractivity contribution in [2.45, 2.75) is 11.4 Å². The average Bonchev–Trinajstić information content (AvgIpc) is 2.74. The first kappa shape index (κ1) is 21.4. The highest BCUT2D eigenvalue weighted by atomic mass is 32.2. The molecule has 0 radical (unpaired) electrons. The van der Waals surface area contributed by atoms with Gasteiger partial charge in [-0.05, 0) is 42.0 Å². The predicted octanol–water partition coefficient (Wildman–Crippen LogP) is 3.46. The topological polar surface area (TPSA) is 84.5 Å². The second-order valence-electron chi connectivity index (χ2n) is 6.24. The number of sulfonamides is 1. The second kappa shape index (κ2) is 9.47. The quantitative estimate of drug-likeness (QED) is 0.571. The van der Waals surface area contributed by atoms with Crippen molar-refractivity contribution >= 4 is 21.6 Å². The van der Waals surface area contributed by atoms with E-state index < -0.39 is 34.2 Å². The second-order valence-corrected chi connectivity index (χ2v) is 8.01. The monoisotopic (exact) mass is 432 g/mol. The third-order valence-electron chi connectivity index (χ3n) is 4.02. The highest BCUT2D eigenvalue weighted by Crippen LogP contribution is 2.17. The van der Waals surface area contributed by atoms with Gasteiger partial charge in [0, 0.05) is 12.6 Å². The lowest BCUT2D eigenvalue weighted by atomic mass is 10.2. The van der Waals surface area contributed by atoms with E-state index in [2.05, 4.69) is 10.0 Å². The average molecular weight is 432 g/mol. The molecule has 0 heterocycles. The van der Waals surface area contributed by atoms with Gasteiger partial charge in [-0.15, -0.1) is 0 Å². The molecule has 9 heteroatoms. The number of hydrogen-bond donors (Lipinski definition) is 2. The van der Waals surface area contributed by atoms with Crippen LogP contribution < -0.4 is 14.8 Å². The number of anilines is 1. The van der Waals surface area contributed by atoms with E-state index in [1.807, 2.05) is 30.3 Å². The summed E-state index contributed by atoms with van der Waals surface area (Å²) in [6.45, 7) is -0.281. The molecule has 0 saturated heterocycles. The zero-order chi connectivity index (χ0) is 21.6. The Labute approximate surface area is 172 Å². The minimum atomic E-state index is -3.71. The molecule has 3 aromatic carbocycles. The summed E-state index contributed by atoms with van der Waals surface area (Å²) in [5.41, 5.74) is 0.653. The van der Waals surface area contributed by atoms with Gasteiger partial charge in [0.25, 0.3) is 5.91 Å². The molecule has 156 valence electrons. The Morgan fingerprint density at radius 3 is 2.30 bits per heavy atom. The van der Waals surface area contributed by atoms with Gasteiger partial charge in [0.2, 0.25) is 10.0 Å². The number of nitrogens with one attached hydrogen (secondary N) is 2. The van der Waals surface area contributed by atoms with E-state index >= 15 is 0 Å². The van der Waals surface area contributed by atoms with Crippen LogP contribution in [-0.4, -0.2) is 20.9 Å². The Morgan fingerprint density at radius 1 is 0.933 bits per heavy atom. The van der Waals surface area contributed by atoms with Gasteiger partial charge < -0.3 is 10.1 Å². The molecule has 0 fully saturated rings.